The summed E-state index contributed by atoms with van der Waals surface area (Å²) in [5.41, 5.74) is 0.391. The van der Waals surface area contributed by atoms with Crippen molar-refractivity contribution in [2.24, 2.45) is 0 Å². The van der Waals surface area contributed by atoms with Crippen molar-refractivity contribution in [2.45, 2.75) is 0 Å². The minimum atomic E-state index is -0.718. The zero-order valence-electron chi connectivity index (χ0n) is 11.3. The molecule has 21 heavy (non-hydrogen) atoms. The van der Waals surface area contributed by atoms with Gasteiger partial charge in [0.05, 0.1) is 26.0 Å². The summed E-state index contributed by atoms with van der Waals surface area (Å²) < 4.78 is 15.0. The Hall–Kier alpha value is -3.03. The summed E-state index contributed by atoms with van der Waals surface area (Å²) in [6.45, 7) is 0. The molecule has 0 spiro atoms. The van der Waals surface area contributed by atoms with Gasteiger partial charge in [-0.1, -0.05) is 0 Å². The van der Waals surface area contributed by atoms with Crippen molar-refractivity contribution in [3.05, 3.63) is 46.2 Å². The predicted octanol–water partition coefficient (Wildman–Crippen LogP) is 2.46. The molecule has 0 saturated heterocycles. The third-order valence-electron chi connectivity index (χ3n) is 2.65. The Morgan fingerprint density at radius 2 is 2.00 bits per heavy atom. The van der Waals surface area contributed by atoms with Crippen LogP contribution >= 0.6 is 0 Å². The average molecular weight is 292 g/mol. The van der Waals surface area contributed by atoms with Crippen LogP contribution in [0.5, 0.6) is 11.5 Å². The molecule has 0 fully saturated rings. The van der Waals surface area contributed by atoms with Crippen molar-refractivity contribution in [1.82, 2.24) is 0 Å². The molecule has 0 radical (unpaired) electrons. The van der Waals surface area contributed by atoms with Crippen molar-refractivity contribution >= 4 is 17.5 Å². The smallest absolute Gasteiger partial charge is 0.433 e. The lowest BCUT2D eigenvalue weighted by Crippen LogP contribution is -2.11. The second-order valence-electron chi connectivity index (χ2n) is 3.92. The maximum absolute atomic E-state index is 12.0. The molecule has 0 aliphatic heterocycles. The van der Waals surface area contributed by atoms with Crippen molar-refractivity contribution in [2.75, 3.05) is 19.5 Å². The van der Waals surface area contributed by atoms with E-state index in [-0.39, 0.29) is 5.76 Å². The Labute approximate surface area is 119 Å². The van der Waals surface area contributed by atoms with Gasteiger partial charge in [0, 0.05) is 6.07 Å². The molecule has 1 aromatic carbocycles. The van der Waals surface area contributed by atoms with E-state index in [9.17, 15) is 14.9 Å². The Kier molecular flexibility index (Phi) is 4.07. The lowest BCUT2D eigenvalue weighted by Gasteiger charge is -2.10. The first kappa shape index (κ1) is 14.4. The SMILES string of the molecule is COc1ccc(NC(=O)c2ccc([N+](=O)[O-])o2)c(OC)c1. The minimum absolute atomic E-state index is 0.167. The number of methoxy groups -OCH3 is 2. The standard InChI is InChI=1S/C13H12N2O6/c1-19-8-3-4-9(11(7-8)20-2)14-13(16)10-5-6-12(21-10)15(17)18/h3-7H,1-2H3,(H,14,16). The summed E-state index contributed by atoms with van der Waals surface area (Å²) in [7, 11) is 2.96. The van der Waals surface area contributed by atoms with Crippen molar-refractivity contribution < 1.29 is 23.6 Å². The van der Waals surface area contributed by atoms with E-state index in [4.69, 9.17) is 13.9 Å². The molecule has 0 saturated carbocycles. The third kappa shape index (κ3) is 3.11. The van der Waals surface area contributed by atoms with E-state index in [1.807, 2.05) is 0 Å². The Balaban J connectivity index is 2.20. The average Bonchev–Trinajstić information content (AvgIpc) is 2.97. The van der Waals surface area contributed by atoms with Crippen LogP contribution in [0, 0.1) is 10.1 Å². The molecule has 110 valence electrons. The number of ether oxygens (including phenoxy) is 2. The first-order valence-electron chi connectivity index (χ1n) is 5.82. The van der Waals surface area contributed by atoms with Gasteiger partial charge in [-0.2, -0.15) is 0 Å². The maximum atomic E-state index is 12.0. The number of anilines is 1. The predicted molar refractivity (Wildman–Crippen MR) is 72.9 cm³/mol. The monoisotopic (exact) mass is 292 g/mol. The third-order valence-corrected chi connectivity index (χ3v) is 2.65. The highest BCUT2D eigenvalue weighted by Gasteiger charge is 2.18. The molecule has 0 atom stereocenters. The zero-order valence-corrected chi connectivity index (χ0v) is 11.3. The minimum Gasteiger partial charge on any atom is -0.497 e. The van der Waals surface area contributed by atoms with Crippen LogP contribution in [0.15, 0.2) is 34.7 Å². The highest BCUT2D eigenvalue weighted by molar-refractivity contribution is 6.03. The molecular weight excluding hydrogens is 280 g/mol. The van der Waals surface area contributed by atoms with Gasteiger partial charge in [-0.15, -0.1) is 0 Å². The van der Waals surface area contributed by atoms with E-state index in [0.717, 1.165) is 6.07 Å². The molecule has 8 nitrogen and oxygen atoms in total. The van der Waals surface area contributed by atoms with Gasteiger partial charge in [0.15, 0.2) is 5.76 Å². The maximum Gasteiger partial charge on any atom is 0.433 e. The number of nitrogens with one attached hydrogen (secondary N) is 1. The van der Waals surface area contributed by atoms with Crippen LogP contribution in [-0.4, -0.2) is 25.1 Å². The van der Waals surface area contributed by atoms with Crippen LogP contribution in [0.3, 0.4) is 0 Å². The molecule has 0 unspecified atom stereocenters. The molecular formula is C13H12N2O6. The number of nitro groups is 1. The number of hydrogen-bond donors (Lipinski definition) is 1. The molecule has 0 bridgehead atoms. The lowest BCUT2D eigenvalue weighted by atomic mass is 10.2. The molecule has 1 heterocycles. The second kappa shape index (κ2) is 5.95. The zero-order chi connectivity index (χ0) is 15.4. The van der Waals surface area contributed by atoms with Gasteiger partial charge in [-0.05, 0) is 18.2 Å². The molecule has 0 aliphatic rings. The Morgan fingerprint density at radius 1 is 1.24 bits per heavy atom. The number of nitrogens with zero attached hydrogens (tertiary/aromatic N) is 1. The van der Waals surface area contributed by atoms with Gasteiger partial charge >= 0.3 is 5.88 Å². The number of carbonyl (C=O) groups is 1. The summed E-state index contributed by atoms with van der Waals surface area (Å²) in [6.07, 6.45) is 0. The van der Waals surface area contributed by atoms with Gasteiger partial charge < -0.3 is 19.2 Å². The van der Waals surface area contributed by atoms with Crippen molar-refractivity contribution in [1.29, 1.82) is 0 Å². The molecule has 8 heteroatoms. The summed E-state index contributed by atoms with van der Waals surface area (Å²) in [4.78, 5) is 21.8. The number of carbonyl (C=O) groups excluding carboxylic acids is 1. The van der Waals surface area contributed by atoms with E-state index in [1.54, 1.807) is 18.2 Å². The van der Waals surface area contributed by atoms with E-state index in [1.165, 1.54) is 20.3 Å². The first-order chi connectivity index (χ1) is 10.0. The van der Waals surface area contributed by atoms with Gasteiger partial charge in [0.1, 0.15) is 16.4 Å². The fourth-order valence-corrected chi connectivity index (χ4v) is 1.63. The second-order valence-corrected chi connectivity index (χ2v) is 3.92. The summed E-state index contributed by atoms with van der Waals surface area (Å²) in [6, 6.07) is 7.17. The lowest BCUT2D eigenvalue weighted by molar-refractivity contribution is -0.402. The summed E-state index contributed by atoms with van der Waals surface area (Å²) in [5.74, 6) is -0.324. The summed E-state index contributed by atoms with van der Waals surface area (Å²) in [5, 5.41) is 13.1. The number of rotatable bonds is 5. The van der Waals surface area contributed by atoms with Crippen LogP contribution in [0.4, 0.5) is 11.6 Å². The fourth-order valence-electron chi connectivity index (χ4n) is 1.63. The van der Waals surface area contributed by atoms with E-state index in [2.05, 4.69) is 5.32 Å². The van der Waals surface area contributed by atoms with Crippen LogP contribution in [0.1, 0.15) is 10.6 Å². The molecule has 1 aromatic heterocycles. The van der Waals surface area contributed by atoms with Crippen LogP contribution in [-0.2, 0) is 0 Å². The molecule has 0 aliphatic carbocycles. The highest BCUT2D eigenvalue weighted by Crippen LogP contribution is 2.29. The summed E-state index contributed by atoms with van der Waals surface area (Å²) >= 11 is 0. The van der Waals surface area contributed by atoms with Crippen molar-refractivity contribution in [3.8, 4) is 11.5 Å². The van der Waals surface area contributed by atoms with Gasteiger partial charge in [0.25, 0.3) is 5.91 Å². The Bertz CT molecular complexity index is 679. The first-order valence-corrected chi connectivity index (χ1v) is 5.82. The largest absolute Gasteiger partial charge is 0.497 e. The normalized spacial score (nSPS) is 10.0. The number of hydrogen-bond acceptors (Lipinski definition) is 6. The van der Waals surface area contributed by atoms with Gasteiger partial charge in [-0.3, -0.25) is 14.9 Å². The molecule has 1 N–H and O–H groups in total. The van der Waals surface area contributed by atoms with Crippen molar-refractivity contribution in [3.63, 3.8) is 0 Å². The number of benzene rings is 1. The molecule has 2 aromatic rings. The molecule has 2 rings (SSSR count). The van der Waals surface area contributed by atoms with Crippen LogP contribution in [0.2, 0.25) is 0 Å². The highest BCUT2D eigenvalue weighted by atomic mass is 16.6. The number of amides is 1. The van der Waals surface area contributed by atoms with E-state index in [0.29, 0.717) is 17.2 Å². The number of furan rings is 1. The molecule has 1 amide bonds. The van der Waals surface area contributed by atoms with Crippen LogP contribution < -0.4 is 14.8 Å². The van der Waals surface area contributed by atoms with E-state index >= 15 is 0 Å². The van der Waals surface area contributed by atoms with Gasteiger partial charge in [-0.25, -0.2) is 0 Å². The Morgan fingerprint density at radius 3 is 2.57 bits per heavy atom. The topological polar surface area (TPSA) is 104 Å². The van der Waals surface area contributed by atoms with Gasteiger partial charge in [0.2, 0.25) is 0 Å². The fraction of sp³-hybridized carbons (Fsp3) is 0.154. The van der Waals surface area contributed by atoms with Crippen LogP contribution in [0.25, 0.3) is 0 Å². The quantitative estimate of drug-likeness (QED) is 0.670. The van der Waals surface area contributed by atoms with E-state index < -0.39 is 16.7 Å².